The number of morpholine rings is 1. The van der Waals surface area contributed by atoms with Crippen molar-refractivity contribution in [1.29, 1.82) is 0 Å². The van der Waals surface area contributed by atoms with Crippen LogP contribution in [0, 0.1) is 0 Å². The van der Waals surface area contributed by atoms with E-state index in [1.807, 2.05) is 18.2 Å². The van der Waals surface area contributed by atoms with E-state index in [-0.39, 0.29) is 18.6 Å². The Labute approximate surface area is 169 Å². The minimum atomic E-state index is -0.199. The van der Waals surface area contributed by atoms with Crippen LogP contribution in [0.15, 0.2) is 48.5 Å². The molecule has 144 valence electrons. The van der Waals surface area contributed by atoms with Crippen LogP contribution in [0.4, 0.5) is 0 Å². The van der Waals surface area contributed by atoms with Crippen LogP contribution in [-0.4, -0.2) is 50.3 Å². The zero-order valence-electron chi connectivity index (χ0n) is 14.9. The van der Waals surface area contributed by atoms with Gasteiger partial charge in [0, 0.05) is 24.7 Å². The third-order valence-corrected chi connectivity index (χ3v) is 4.95. The molecule has 0 aromatic heterocycles. The standard InChI is InChI=1S/C20H22Cl2N2O3/c21-16-6-7-19(17(22)12-16)27-14-20(25)23-13-18(15-4-2-1-3-5-15)24-8-10-26-11-9-24/h1-7,12,18H,8-11,13-14H2,(H,23,25). The summed E-state index contributed by atoms with van der Waals surface area (Å²) in [5.41, 5.74) is 1.17. The Kier molecular flexibility index (Phi) is 7.35. The maximum Gasteiger partial charge on any atom is 0.258 e. The van der Waals surface area contributed by atoms with Crippen molar-refractivity contribution in [2.24, 2.45) is 0 Å². The molecular weight excluding hydrogens is 387 g/mol. The van der Waals surface area contributed by atoms with Crippen LogP contribution in [-0.2, 0) is 9.53 Å². The summed E-state index contributed by atoms with van der Waals surface area (Å²) in [6, 6.07) is 15.2. The van der Waals surface area contributed by atoms with Gasteiger partial charge in [0.1, 0.15) is 5.75 Å². The summed E-state index contributed by atoms with van der Waals surface area (Å²) < 4.78 is 10.9. The molecule has 1 N–H and O–H groups in total. The molecule has 7 heteroatoms. The van der Waals surface area contributed by atoms with Crippen LogP contribution in [0.1, 0.15) is 11.6 Å². The lowest BCUT2D eigenvalue weighted by Gasteiger charge is -2.34. The van der Waals surface area contributed by atoms with Gasteiger partial charge in [-0.1, -0.05) is 53.5 Å². The fourth-order valence-corrected chi connectivity index (χ4v) is 3.48. The Morgan fingerprint density at radius 1 is 1.15 bits per heavy atom. The molecule has 0 aliphatic carbocycles. The number of hydrogen-bond donors (Lipinski definition) is 1. The van der Waals surface area contributed by atoms with E-state index in [0.29, 0.717) is 35.6 Å². The highest BCUT2D eigenvalue weighted by molar-refractivity contribution is 6.35. The molecule has 1 saturated heterocycles. The molecule has 3 rings (SSSR count). The fraction of sp³-hybridized carbons (Fsp3) is 0.350. The zero-order valence-corrected chi connectivity index (χ0v) is 16.4. The largest absolute Gasteiger partial charge is 0.482 e. The van der Waals surface area contributed by atoms with Crippen LogP contribution in [0.5, 0.6) is 5.75 Å². The van der Waals surface area contributed by atoms with Crippen LogP contribution in [0.3, 0.4) is 0 Å². The lowest BCUT2D eigenvalue weighted by atomic mass is 10.0. The number of carbonyl (C=O) groups is 1. The van der Waals surface area contributed by atoms with Gasteiger partial charge in [-0.15, -0.1) is 0 Å². The molecule has 0 spiro atoms. The molecule has 1 unspecified atom stereocenters. The molecule has 1 fully saturated rings. The summed E-state index contributed by atoms with van der Waals surface area (Å²) in [6.45, 7) is 3.48. The number of rotatable bonds is 7. The van der Waals surface area contributed by atoms with Gasteiger partial charge in [0.2, 0.25) is 0 Å². The summed E-state index contributed by atoms with van der Waals surface area (Å²) in [4.78, 5) is 14.6. The highest BCUT2D eigenvalue weighted by Crippen LogP contribution is 2.27. The zero-order chi connectivity index (χ0) is 19.1. The number of amides is 1. The Bertz CT molecular complexity index is 752. The second-order valence-corrected chi connectivity index (χ2v) is 7.09. The summed E-state index contributed by atoms with van der Waals surface area (Å²) in [6.07, 6.45) is 0. The first kappa shape index (κ1) is 20.0. The molecule has 0 saturated carbocycles. The first-order valence-electron chi connectivity index (χ1n) is 8.85. The van der Waals surface area contributed by atoms with Crippen molar-refractivity contribution in [3.63, 3.8) is 0 Å². The molecule has 5 nitrogen and oxygen atoms in total. The van der Waals surface area contributed by atoms with E-state index in [1.54, 1.807) is 18.2 Å². The van der Waals surface area contributed by atoms with Crippen molar-refractivity contribution >= 4 is 29.1 Å². The Balaban J connectivity index is 1.56. The molecule has 1 aliphatic heterocycles. The summed E-state index contributed by atoms with van der Waals surface area (Å²) in [7, 11) is 0. The van der Waals surface area contributed by atoms with E-state index in [9.17, 15) is 4.79 Å². The number of nitrogens with one attached hydrogen (secondary N) is 1. The van der Waals surface area contributed by atoms with E-state index in [4.69, 9.17) is 32.7 Å². The maximum absolute atomic E-state index is 12.3. The number of halogens is 2. The van der Waals surface area contributed by atoms with E-state index in [0.717, 1.165) is 13.1 Å². The fourth-order valence-electron chi connectivity index (χ4n) is 3.02. The van der Waals surface area contributed by atoms with Crippen LogP contribution in [0.2, 0.25) is 10.0 Å². The van der Waals surface area contributed by atoms with Crippen molar-refractivity contribution in [2.45, 2.75) is 6.04 Å². The van der Waals surface area contributed by atoms with Gasteiger partial charge in [0.05, 0.1) is 24.3 Å². The quantitative estimate of drug-likeness (QED) is 0.760. The third-order valence-electron chi connectivity index (χ3n) is 4.42. The Morgan fingerprint density at radius 3 is 2.59 bits per heavy atom. The van der Waals surface area contributed by atoms with Gasteiger partial charge in [-0.05, 0) is 23.8 Å². The van der Waals surface area contributed by atoms with Crippen LogP contribution < -0.4 is 10.1 Å². The maximum atomic E-state index is 12.3. The molecule has 27 heavy (non-hydrogen) atoms. The SMILES string of the molecule is O=C(COc1ccc(Cl)cc1Cl)NCC(c1ccccc1)N1CCOCC1. The summed E-state index contributed by atoms with van der Waals surface area (Å²) in [5, 5.41) is 3.87. The van der Waals surface area contributed by atoms with E-state index >= 15 is 0 Å². The van der Waals surface area contributed by atoms with Crippen molar-refractivity contribution < 1.29 is 14.3 Å². The average molecular weight is 409 g/mol. The second kappa shape index (κ2) is 9.95. The second-order valence-electron chi connectivity index (χ2n) is 6.24. The summed E-state index contributed by atoms with van der Waals surface area (Å²) >= 11 is 11.9. The van der Waals surface area contributed by atoms with Crippen molar-refractivity contribution in [3.05, 3.63) is 64.1 Å². The molecule has 1 aliphatic rings. The lowest BCUT2D eigenvalue weighted by molar-refractivity contribution is -0.123. The Hall–Kier alpha value is -1.79. The molecule has 0 bridgehead atoms. The van der Waals surface area contributed by atoms with Gasteiger partial charge >= 0.3 is 0 Å². The average Bonchev–Trinajstić information content (AvgIpc) is 2.69. The summed E-state index contributed by atoms with van der Waals surface area (Å²) in [5.74, 6) is 0.235. The van der Waals surface area contributed by atoms with Crippen molar-refractivity contribution in [3.8, 4) is 5.75 Å². The number of benzene rings is 2. The highest BCUT2D eigenvalue weighted by atomic mass is 35.5. The van der Waals surface area contributed by atoms with Gasteiger partial charge in [-0.2, -0.15) is 0 Å². The highest BCUT2D eigenvalue weighted by Gasteiger charge is 2.23. The van der Waals surface area contributed by atoms with Gasteiger partial charge in [-0.25, -0.2) is 0 Å². The van der Waals surface area contributed by atoms with Gasteiger partial charge < -0.3 is 14.8 Å². The van der Waals surface area contributed by atoms with Crippen molar-refractivity contribution in [2.75, 3.05) is 39.5 Å². The third kappa shape index (κ3) is 5.84. The molecule has 1 heterocycles. The van der Waals surface area contributed by atoms with Crippen LogP contribution in [0.25, 0.3) is 0 Å². The van der Waals surface area contributed by atoms with Gasteiger partial charge in [0.15, 0.2) is 6.61 Å². The number of ether oxygens (including phenoxy) is 2. The van der Waals surface area contributed by atoms with Crippen LogP contribution >= 0.6 is 23.2 Å². The number of carbonyl (C=O) groups excluding carboxylic acids is 1. The van der Waals surface area contributed by atoms with E-state index < -0.39 is 0 Å². The first-order chi connectivity index (χ1) is 13.1. The normalized spacial score (nSPS) is 15.9. The minimum absolute atomic E-state index is 0.0955. The van der Waals surface area contributed by atoms with Crippen molar-refractivity contribution in [1.82, 2.24) is 10.2 Å². The topological polar surface area (TPSA) is 50.8 Å². The molecule has 2 aromatic rings. The van der Waals surface area contributed by atoms with E-state index in [1.165, 1.54) is 5.56 Å². The minimum Gasteiger partial charge on any atom is -0.482 e. The van der Waals surface area contributed by atoms with Gasteiger partial charge in [0.25, 0.3) is 5.91 Å². The smallest absolute Gasteiger partial charge is 0.258 e. The molecule has 1 atom stereocenters. The predicted molar refractivity (Wildman–Crippen MR) is 107 cm³/mol. The Morgan fingerprint density at radius 2 is 1.89 bits per heavy atom. The number of nitrogens with zero attached hydrogens (tertiary/aromatic N) is 1. The molecule has 0 radical (unpaired) electrons. The van der Waals surface area contributed by atoms with E-state index in [2.05, 4.69) is 22.3 Å². The molecular formula is C20H22Cl2N2O3. The van der Waals surface area contributed by atoms with Gasteiger partial charge in [-0.3, -0.25) is 9.69 Å². The predicted octanol–water partition coefficient (Wildman–Crippen LogP) is 3.56. The molecule has 1 amide bonds. The monoisotopic (exact) mass is 408 g/mol. The first-order valence-corrected chi connectivity index (χ1v) is 9.60. The molecule has 2 aromatic carbocycles. The number of hydrogen-bond acceptors (Lipinski definition) is 4. The lowest BCUT2D eigenvalue weighted by Crippen LogP contribution is -2.44.